The number of nitrogens with zero attached hydrogens (tertiary/aromatic N) is 4. The molecule has 3 rings (SSSR count). The third-order valence-corrected chi connectivity index (χ3v) is 4.08. The maximum atomic E-state index is 12.0. The molecule has 144 valence electrons. The summed E-state index contributed by atoms with van der Waals surface area (Å²) in [7, 11) is 1.61. The molecule has 0 aliphatic carbocycles. The van der Waals surface area contributed by atoms with Crippen molar-refractivity contribution in [2.45, 2.75) is 6.10 Å². The van der Waals surface area contributed by atoms with Crippen molar-refractivity contribution in [3.05, 3.63) is 42.5 Å². The van der Waals surface area contributed by atoms with Crippen LogP contribution in [0.15, 0.2) is 36.8 Å². The van der Waals surface area contributed by atoms with Crippen molar-refractivity contribution in [3.63, 3.8) is 0 Å². The Hall–Kier alpha value is -2.62. The lowest BCUT2D eigenvalue weighted by molar-refractivity contribution is -0.124. The average molecular weight is 372 g/mol. The highest BCUT2D eigenvalue weighted by molar-refractivity contribution is 5.78. The summed E-state index contributed by atoms with van der Waals surface area (Å²) in [6.07, 6.45) is 4.92. The first-order valence-electron chi connectivity index (χ1n) is 8.84. The molecule has 3 heterocycles. The van der Waals surface area contributed by atoms with E-state index in [1.807, 2.05) is 12.1 Å². The fourth-order valence-electron chi connectivity index (χ4n) is 2.74. The number of carbonyl (C=O) groups excluding carboxylic acids is 1. The van der Waals surface area contributed by atoms with E-state index in [0.717, 1.165) is 17.9 Å². The summed E-state index contributed by atoms with van der Waals surface area (Å²) in [4.78, 5) is 26.8. The van der Waals surface area contributed by atoms with Crippen molar-refractivity contribution in [1.82, 2.24) is 25.2 Å². The number of anilines is 2. The van der Waals surface area contributed by atoms with E-state index in [4.69, 9.17) is 9.47 Å². The number of rotatable bonds is 8. The first kappa shape index (κ1) is 19.2. The van der Waals surface area contributed by atoms with Gasteiger partial charge >= 0.3 is 0 Å². The Bertz CT molecular complexity index is 713. The SMILES string of the molecule is COCCNC(=O)CN1CCO[C@@H](c2ccc(Nc3ncccn3)cn2)C1. The number of carbonyl (C=O) groups is 1. The molecule has 0 bridgehead atoms. The number of methoxy groups -OCH3 is 1. The normalized spacial score (nSPS) is 17.4. The molecular weight excluding hydrogens is 348 g/mol. The molecule has 1 fully saturated rings. The fraction of sp³-hybridized carbons (Fsp3) is 0.444. The number of pyridine rings is 1. The first-order chi connectivity index (χ1) is 13.2. The second-order valence-electron chi connectivity index (χ2n) is 6.11. The minimum Gasteiger partial charge on any atom is -0.383 e. The van der Waals surface area contributed by atoms with Crippen LogP contribution in [0, 0.1) is 0 Å². The molecule has 1 aliphatic rings. The molecule has 0 radical (unpaired) electrons. The maximum absolute atomic E-state index is 12.0. The van der Waals surface area contributed by atoms with E-state index in [1.165, 1.54) is 0 Å². The van der Waals surface area contributed by atoms with Gasteiger partial charge in [0.15, 0.2) is 0 Å². The fourth-order valence-corrected chi connectivity index (χ4v) is 2.74. The maximum Gasteiger partial charge on any atom is 0.234 e. The Kier molecular flexibility index (Phi) is 7.03. The Morgan fingerprint density at radius 1 is 1.33 bits per heavy atom. The number of aromatic nitrogens is 3. The van der Waals surface area contributed by atoms with Crippen LogP contribution in [0.4, 0.5) is 11.6 Å². The van der Waals surface area contributed by atoms with E-state index in [0.29, 0.717) is 38.8 Å². The zero-order valence-electron chi connectivity index (χ0n) is 15.3. The van der Waals surface area contributed by atoms with Gasteiger partial charge in [-0.3, -0.25) is 14.7 Å². The lowest BCUT2D eigenvalue weighted by Gasteiger charge is -2.32. The van der Waals surface area contributed by atoms with Crippen molar-refractivity contribution in [3.8, 4) is 0 Å². The third kappa shape index (κ3) is 5.95. The quantitative estimate of drug-likeness (QED) is 0.655. The Morgan fingerprint density at radius 2 is 2.19 bits per heavy atom. The number of morpholine rings is 1. The summed E-state index contributed by atoms with van der Waals surface area (Å²) in [6, 6.07) is 5.59. The zero-order valence-corrected chi connectivity index (χ0v) is 15.3. The van der Waals surface area contributed by atoms with Crippen molar-refractivity contribution in [1.29, 1.82) is 0 Å². The van der Waals surface area contributed by atoms with Gasteiger partial charge < -0.3 is 20.1 Å². The molecule has 9 nitrogen and oxygen atoms in total. The number of nitrogens with one attached hydrogen (secondary N) is 2. The molecule has 1 amide bonds. The van der Waals surface area contributed by atoms with Gasteiger partial charge in [0.25, 0.3) is 0 Å². The van der Waals surface area contributed by atoms with Gasteiger partial charge in [-0.15, -0.1) is 0 Å². The van der Waals surface area contributed by atoms with Crippen LogP contribution in [0.1, 0.15) is 11.8 Å². The molecule has 27 heavy (non-hydrogen) atoms. The number of hydrogen-bond donors (Lipinski definition) is 2. The lowest BCUT2D eigenvalue weighted by Crippen LogP contribution is -2.44. The highest BCUT2D eigenvalue weighted by Crippen LogP contribution is 2.22. The smallest absolute Gasteiger partial charge is 0.234 e. The van der Waals surface area contributed by atoms with Gasteiger partial charge in [-0.1, -0.05) is 0 Å². The van der Waals surface area contributed by atoms with Gasteiger partial charge in [0.05, 0.1) is 37.3 Å². The van der Waals surface area contributed by atoms with E-state index >= 15 is 0 Å². The van der Waals surface area contributed by atoms with Gasteiger partial charge in [-0.2, -0.15) is 0 Å². The van der Waals surface area contributed by atoms with Crippen LogP contribution in [0.25, 0.3) is 0 Å². The summed E-state index contributed by atoms with van der Waals surface area (Å²) in [5.41, 5.74) is 1.63. The molecule has 0 unspecified atom stereocenters. The van der Waals surface area contributed by atoms with Gasteiger partial charge in [0.2, 0.25) is 11.9 Å². The second kappa shape index (κ2) is 9.91. The summed E-state index contributed by atoms with van der Waals surface area (Å²) in [5.74, 6) is 0.509. The molecule has 1 aliphatic heterocycles. The van der Waals surface area contributed by atoms with Gasteiger partial charge in [0, 0.05) is 39.1 Å². The minimum atomic E-state index is -0.160. The van der Waals surface area contributed by atoms with Crippen LogP contribution < -0.4 is 10.6 Å². The minimum absolute atomic E-state index is 0.0110. The molecule has 2 aromatic heterocycles. The molecule has 0 saturated carbocycles. The van der Waals surface area contributed by atoms with E-state index in [-0.39, 0.29) is 12.0 Å². The zero-order chi connectivity index (χ0) is 18.9. The summed E-state index contributed by atoms with van der Waals surface area (Å²) < 4.78 is 10.8. The van der Waals surface area contributed by atoms with Crippen LogP contribution in [0.5, 0.6) is 0 Å². The first-order valence-corrected chi connectivity index (χ1v) is 8.84. The largest absolute Gasteiger partial charge is 0.383 e. The van der Waals surface area contributed by atoms with Gasteiger partial charge in [0.1, 0.15) is 6.10 Å². The Morgan fingerprint density at radius 3 is 2.93 bits per heavy atom. The molecule has 0 aromatic carbocycles. The Labute approximate surface area is 158 Å². The highest BCUT2D eigenvalue weighted by Gasteiger charge is 2.24. The van der Waals surface area contributed by atoms with Crippen molar-refractivity contribution in [2.75, 3.05) is 51.8 Å². The summed E-state index contributed by atoms with van der Waals surface area (Å²) >= 11 is 0. The number of hydrogen-bond acceptors (Lipinski definition) is 8. The van der Waals surface area contributed by atoms with Crippen LogP contribution in [0.2, 0.25) is 0 Å². The van der Waals surface area contributed by atoms with Crippen molar-refractivity contribution >= 4 is 17.5 Å². The van der Waals surface area contributed by atoms with Crippen LogP contribution in [-0.4, -0.2) is 72.3 Å². The highest BCUT2D eigenvalue weighted by atomic mass is 16.5. The van der Waals surface area contributed by atoms with Crippen molar-refractivity contribution in [2.24, 2.45) is 0 Å². The van der Waals surface area contributed by atoms with Crippen LogP contribution >= 0.6 is 0 Å². The molecule has 2 aromatic rings. The van der Waals surface area contributed by atoms with E-state index < -0.39 is 0 Å². The summed E-state index contributed by atoms with van der Waals surface area (Å²) in [5, 5.41) is 5.93. The van der Waals surface area contributed by atoms with Crippen LogP contribution in [0.3, 0.4) is 0 Å². The molecular formula is C18H24N6O3. The monoisotopic (exact) mass is 372 g/mol. The topological polar surface area (TPSA) is 102 Å². The van der Waals surface area contributed by atoms with E-state index in [1.54, 1.807) is 31.8 Å². The standard InChI is InChI=1S/C18H24N6O3/c1-26-9-7-19-17(25)13-24-8-10-27-16(12-24)15-4-3-14(11-22-15)23-18-20-5-2-6-21-18/h2-6,11,16H,7-10,12-13H2,1H3,(H,19,25)(H,20,21,23)/t16-/m1/s1. The van der Waals surface area contributed by atoms with E-state index in [9.17, 15) is 4.79 Å². The second-order valence-corrected chi connectivity index (χ2v) is 6.11. The predicted octanol–water partition coefficient (Wildman–Crippen LogP) is 0.751. The van der Waals surface area contributed by atoms with Gasteiger partial charge in [-0.25, -0.2) is 9.97 Å². The Balaban J connectivity index is 1.52. The van der Waals surface area contributed by atoms with Crippen molar-refractivity contribution < 1.29 is 14.3 Å². The molecule has 2 N–H and O–H groups in total. The molecule has 1 saturated heterocycles. The number of ether oxygens (including phenoxy) is 2. The molecule has 1 atom stereocenters. The lowest BCUT2D eigenvalue weighted by atomic mass is 10.2. The third-order valence-electron chi connectivity index (χ3n) is 4.08. The summed E-state index contributed by atoms with van der Waals surface area (Å²) in [6.45, 7) is 3.28. The average Bonchev–Trinajstić information content (AvgIpc) is 2.70. The molecule has 9 heteroatoms. The predicted molar refractivity (Wildman–Crippen MR) is 99.6 cm³/mol. The molecule has 0 spiro atoms. The van der Waals surface area contributed by atoms with Gasteiger partial charge in [-0.05, 0) is 18.2 Å². The van der Waals surface area contributed by atoms with E-state index in [2.05, 4.69) is 30.5 Å². The number of amides is 1. The van der Waals surface area contributed by atoms with Crippen LogP contribution in [-0.2, 0) is 14.3 Å².